The molecule has 2 saturated heterocycles. The average molecular weight is 338 g/mol. The molecule has 1 aromatic carbocycles. The van der Waals surface area contributed by atoms with Gasteiger partial charge in [-0.05, 0) is 61.7 Å². The number of nitrogens with zero attached hydrogens (tertiary/aromatic N) is 1. The smallest absolute Gasteiger partial charge is 0.311 e. The molecule has 2 saturated carbocycles. The van der Waals surface area contributed by atoms with Gasteiger partial charge in [0, 0.05) is 17.1 Å². The molecule has 1 aromatic rings. The highest BCUT2D eigenvalue weighted by atomic mass is 16.5. The van der Waals surface area contributed by atoms with E-state index in [0.29, 0.717) is 12.0 Å². The van der Waals surface area contributed by atoms with Crippen molar-refractivity contribution in [2.24, 2.45) is 17.3 Å². The Hall–Kier alpha value is -1.55. The maximum Gasteiger partial charge on any atom is 0.311 e. The monoisotopic (exact) mass is 338 g/mol. The van der Waals surface area contributed by atoms with Gasteiger partial charge in [-0.3, -0.25) is 9.69 Å². The normalized spacial score (nSPS) is 48.6. The number of nitrogens with one attached hydrogen (secondary N) is 1. The third-order valence-electron chi connectivity index (χ3n) is 8.91. The van der Waals surface area contributed by atoms with E-state index >= 15 is 0 Å². The third-order valence-corrected chi connectivity index (χ3v) is 8.91. The van der Waals surface area contributed by atoms with Crippen LogP contribution in [0.15, 0.2) is 24.3 Å². The number of benzene rings is 1. The van der Waals surface area contributed by atoms with Crippen molar-refractivity contribution in [3.05, 3.63) is 29.8 Å². The molecule has 6 rings (SSSR count). The molecule has 1 N–H and O–H groups in total. The van der Waals surface area contributed by atoms with Gasteiger partial charge in [0.1, 0.15) is 0 Å². The van der Waals surface area contributed by atoms with E-state index < -0.39 is 0 Å². The van der Waals surface area contributed by atoms with E-state index in [1.54, 1.807) is 7.11 Å². The number of methoxy groups -OCH3 is 1. The number of anilines is 1. The largest absolute Gasteiger partial charge is 0.469 e. The summed E-state index contributed by atoms with van der Waals surface area (Å²) >= 11 is 0. The maximum atomic E-state index is 12.9. The zero-order chi connectivity index (χ0) is 17.0. The summed E-state index contributed by atoms with van der Waals surface area (Å²) in [4.78, 5) is 15.7. The predicted molar refractivity (Wildman–Crippen MR) is 95.4 cm³/mol. The quantitative estimate of drug-likeness (QED) is 0.800. The number of hydrogen-bond donors (Lipinski definition) is 1. The van der Waals surface area contributed by atoms with E-state index in [-0.39, 0.29) is 28.3 Å². The van der Waals surface area contributed by atoms with Crippen molar-refractivity contribution in [2.75, 3.05) is 25.5 Å². The van der Waals surface area contributed by atoms with Gasteiger partial charge >= 0.3 is 5.97 Å². The zero-order valence-corrected chi connectivity index (χ0v) is 15.0. The van der Waals surface area contributed by atoms with Crippen molar-refractivity contribution in [2.45, 2.75) is 49.6 Å². The van der Waals surface area contributed by atoms with Crippen LogP contribution in [0, 0.1) is 17.3 Å². The van der Waals surface area contributed by atoms with Crippen LogP contribution in [0.5, 0.6) is 0 Å². The predicted octanol–water partition coefficient (Wildman–Crippen LogP) is 2.79. The molecule has 25 heavy (non-hydrogen) atoms. The minimum atomic E-state index is -0.173. The van der Waals surface area contributed by atoms with E-state index in [1.807, 2.05) is 0 Å². The van der Waals surface area contributed by atoms with Crippen LogP contribution in [0.1, 0.15) is 38.2 Å². The van der Waals surface area contributed by atoms with Crippen LogP contribution >= 0.6 is 0 Å². The van der Waals surface area contributed by atoms with Crippen LogP contribution in [0.25, 0.3) is 0 Å². The molecule has 4 fully saturated rings. The highest BCUT2D eigenvalue weighted by Crippen LogP contribution is 2.79. The average Bonchev–Trinajstić information content (AvgIpc) is 3.29. The van der Waals surface area contributed by atoms with Crippen molar-refractivity contribution < 1.29 is 9.53 Å². The van der Waals surface area contributed by atoms with Crippen molar-refractivity contribution in [3.8, 4) is 0 Å². The van der Waals surface area contributed by atoms with Crippen molar-refractivity contribution in [1.82, 2.24) is 4.90 Å². The molecule has 5 aliphatic rings. The number of ether oxygens (including phenoxy) is 1. The molecule has 3 aliphatic heterocycles. The van der Waals surface area contributed by atoms with Gasteiger partial charge in [-0.1, -0.05) is 25.1 Å². The van der Waals surface area contributed by atoms with Gasteiger partial charge < -0.3 is 10.1 Å². The second kappa shape index (κ2) is 4.22. The first-order chi connectivity index (χ1) is 12.1. The Kier molecular flexibility index (Phi) is 2.47. The molecule has 2 aliphatic carbocycles. The van der Waals surface area contributed by atoms with Gasteiger partial charge in [0.15, 0.2) is 0 Å². The van der Waals surface area contributed by atoms with E-state index in [0.717, 1.165) is 6.42 Å². The Labute approximate surface area is 148 Å². The molecule has 0 amide bonds. The Morgan fingerprint density at radius 1 is 1.28 bits per heavy atom. The Bertz CT molecular complexity index is 794. The summed E-state index contributed by atoms with van der Waals surface area (Å²) < 4.78 is 5.32. The molecule has 4 nitrogen and oxygen atoms in total. The van der Waals surface area contributed by atoms with E-state index in [2.05, 4.69) is 41.4 Å². The summed E-state index contributed by atoms with van der Waals surface area (Å²) in [6.07, 6.45) is 4.69. The SMILES string of the molecule is COC(=O)[C@@H]1C[C@@]23CCCN4CC[C@]5(c6ccccc6N[C@@]15[C@H]2C)[C@H]43. The molecule has 3 heterocycles. The van der Waals surface area contributed by atoms with Crippen LogP contribution < -0.4 is 5.32 Å². The van der Waals surface area contributed by atoms with Gasteiger partial charge in [-0.15, -0.1) is 0 Å². The second-order valence-electron chi connectivity index (χ2n) is 9.04. The molecule has 0 aromatic heterocycles. The van der Waals surface area contributed by atoms with E-state index in [9.17, 15) is 4.79 Å². The lowest BCUT2D eigenvalue weighted by Crippen LogP contribution is -2.63. The first kappa shape index (κ1) is 14.6. The molecule has 6 atom stereocenters. The van der Waals surface area contributed by atoms with E-state index in [1.165, 1.54) is 43.6 Å². The van der Waals surface area contributed by atoms with Crippen LogP contribution in [-0.2, 0) is 14.9 Å². The van der Waals surface area contributed by atoms with Crippen molar-refractivity contribution >= 4 is 11.7 Å². The summed E-state index contributed by atoms with van der Waals surface area (Å²) in [5.41, 5.74) is 2.88. The molecular formula is C21H26N2O2. The number of hydrogen-bond acceptors (Lipinski definition) is 4. The lowest BCUT2D eigenvalue weighted by molar-refractivity contribution is -0.150. The molecular weight excluding hydrogens is 312 g/mol. The lowest BCUT2D eigenvalue weighted by atomic mass is 9.56. The topological polar surface area (TPSA) is 41.6 Å². The molecule has 0 unspecified atom stereocenters. The number of carbonyl (C=O) groups is 1. The summed E-state index contributed by atoms with van der Waals surface area (Å²) in [6, 6.07) is 9.42. The number of carbonyl (C=O) groups excluding carboxylic acids is 1. The molecule has 4 heteroatoms. The third kappa shape index (κ3) is 1.23. The van der Waals surface area contributed by atoms with Gasteiger partial charge in [0.25, 0.3) is 0 Å². The number of para-hydroxylation sites is 1. The zero-order valence-electron chi connectivity index (χ0n) is 15.0. The number of rotatable bonds is 1. The second-order valence-corrected chi connectivity index (χ2v) is 9.04. The summed E-state index contributed by atoms with van der Waals surface area (Å²) in [6.45, 7) is 4.82. The number of piperidine rings is 1. The Morgan fingerprint density at radius 3 is 2.96 bits per heavy atom. The van der Waals surface area contributed by atoms with Crippen molar-refractivity contribution in [3.63, 3.8) is 0 Å². The summed E-state index contributed by atoms with van der Waals surface area (Å²) in [5.74, 6) is 0.449. The minimum absolute atomic E-state index is 0.00844. The van der Waals surface area contributed by atoms with Gasteiger partial charge in [0.2, 0.25) is 0 Å². The van der Waals surface area contributed by atoms with Crippen LogP contribution in [-0.4, -0.2) is 42.6 Å². The van der Waals surface area contributed by atoms with Crippen LogP contribution in [0.3, 0.4) is 0 Å². The number of fused-ring (bicyclic) bond motifs is 1. The van der Waals surface area contributed by atoms with Crippen LogP contribution in [0.4, 0.5) is 5.69 Å². The molecule has 0 radical (unpaired) electrons. The molecule has 2 bridgehead atoms. The van der Waals surface area contributed by atoms with E-state index in [4.69, 9.17) is 4.74 Å². The Morgan fingerprint density at radius 2 is 2.12 bits per heavy atom. The number of esters is 1. The summed E-state index contributed by atoms with van der Waals surface area (Å²) in [7, 11) is 1.56. The molecule has 3 spiro atoms. The fourth-order valence-electron chi connectivity index (χ4n) is 8.44. The minimum Gasteiger partial charge on any atom is -0.469 e. The fourth-order valence-corrected chi connectivity index (χ4v) is 8.44. The van der Waals surface area contributed by atoms with Crippen LogP contribution in [0.2, 0.25) is 0 Å². The standard InChI is InChI=1S/C21H26N2O2/c1-13-19-8-5-10-23-11-9-20(18(19)23)14-6-3-4-7-16(14)22-21(13,20)15(12-19)17(24)25-2/h3-4,6-7,13,15,18,22H,5,8-12H2,1-2H3/t13-,15-,18+,19-,20-,21-/m0/s1. The fraction of sp³-hybridized carbons (Fsp3) is 0.667. The summed E-state index contributed by atoms with van der Waals surface area (Å²) in [5, 5.41) is 3.96. The maximum absolute atomic E-state index is 12.9. The van der Waals surface area contributed by atoms with Crippen molar-refractivity contribution in [1.29, 1.82) is 0 Å². The van der Waals surface area contributed by atoms with Gasteiger partial charge in [-0.25, -0.2) is 0 Å². The molecule has 132 valence electrons. The first-order valence-electron chi connectivity index (χ1n) is 9.81. The first-order valence-corrected chi connectivity index (χ1v) is 9.81. The van der Waals surface area contributed by atoms with Gasteiger partial charge in [0.05, 0.1) is 18.6 Å². The lowest BCUT2D eigenvalue weighted by Gasteiger charge is -2.52. The highest BCUT2D eigenvalue weighted by Gasteiger charge is 2.86. The highest BCUT2D eigenvalue weighted by molar-refractivity contribution is 5.82. The Balaban J connectivity index is 1.67. The van der Waals surface area contributed by atoms with Gasteiger partial charge in [-0.2, -0.15) is 0 Å².